The van der Waals surface area contributed by atoms with Crippen LogP contribution in [-0.2, 0) is 4.79 Å². The second kappa shape index (κ2) is 5.24. The number of halogens is 1. The molecule has 0 bridgehead atoms. The maximum atomic E-state index is 11.5. The number of anilines is 2. The van der Waals surface area contributed by atoms with Crippen LogP contribution < -0.4 is 10.2 Å². The molecule has 1 saturated heterocycles. The van der Waals surface area contributed by atoms with E-state index in [1.165, 1.54) is 0 Å². The van der Waals surface area contributed by atoms with E-state index in [1.807, 2.05) is 6.07 Å². The summed E-state index contributed by atoms with van der Waals surface area (Å²) in [5, 5.41) is 22.2. The van der Waals surface area contributed by atoms with Gasteiger partial charge in [-0.1, -0.05) is 11.6 Å². The molecule has 6 heteroatoms. The summed E-state index contributed by atoms with van der Waals surface area (Å²) in [6.07, 6.45) is 0.890. The number of benzene rings is 1. The van der Waals surface area contributed by atoms with E-state index >= 15 is 0 Å². The van der Waals surface area contributed by atoms with Crippen molar-refractivity contribution in [3.63, 3.8) is 0 Å². The van der Waals surface area contributed by atoms with Gasteiger partial charge in [0.25, 0.3) is 5.91 Å². The van der Waals surface area contributed by atoms with Crippen LogP contribution in [0.2, 0.25) is 5.02 Å². The average molecular weight is 297 g/mol. The fraction of sp³-hybridized carbons (Fsp3) is 0.500. The number of hydrogen-bond donors (Lipinski definition) is 3. The van der Waals surface area contributed by atoms with E-state index in [0.29, 0.717) is 16.3 Å². The minimum atomic E-state index is -1.14. The molecular weight excluding hydrogens is 280 g/mol. The first-order valence-electron chi connectivity index (χ1n) is 6.78. The number of aliphatic hydroxyl groups is 2. The quantitative estimate of drug-likeness (QED) is 0.774. The monoisotopic (exact) mass is 296 g/mol. The molecule has 0 spiro atoms. The van der Waals surface area contributed by atoms with E-state index in [4.69, 9.17) is 11.6 Å². The summed E-state index contributed by atoms with van der Waals surface area (Å²) in [6, 6.07) is 3.46. The molecule has 1 aromatic rings. The molecule has 2 unspecified atom stereocenters. The number of rotatable bonds is 2. The van der Waals surface area contributed by atoms with E-state index in [0.717, 1.165) is 31.6 Å². The van der Waals surface area contributed by atoms with Crippen LogP contribution in [0.5, 0.6) is 0 Å². The second-order valence-electron chi connectivity index (χ2n) is 5.42. The summed E-state index contributed by atoms with van der Waals surface area (Å²) in [5.41, 5.74) is 1.99. The van der Waals surface area contributed by atoms with Gasteiger partial charge in [-0.15, -0.1) is 0 Å². The number of fused-ring (bicyclic) bond motifs is 1. The molecule has 1 aromatic carbocycles. The van der Waals surface area contributed by atoms with Crippen molar-refractivity contribution in [3.8, 4) is 0 Å². The fourth-order valence-corrected chi connectivity index (χ4v) is 3.22. The highest BCUT2D eigenvalue weighted by atomic mass is 35.5. The Labute approximate surface area is 122 Å². The average Bonchev–Trinajstić information content (AvgIpc) is 2.73. The Bertz CT molecular complexity index is 549. The molecule has 2 heterocycles. The van der Waals surface area contributed by atoms with E-state index < -0.39 is 12.0 Å². The lowest BCUT2D eigenvalue weighted by Gasteiger charge is -2.34. The Kier molecular flexibility index (Phi) is 3.58. The van der Waals surface area contributed by atoms with Crippen molar-refractivity contribution in [1.82, 2.24) is 0 Å². The van der Waals surface area contributed by atoms with E-state index in [9.17, 15) is 15.0 Å². The van der Waals surface area contributed by atoms with Crippen LogP contribution in [0, 0.1) is 5.92 Å². The number of piperidine rings is 1. The Morgan fingerprint density at radius 2 is 2.25 bits per heavy atom. The highest BCUT2D eigenvalue weighted by Crippen LogP contribution is 2.39. The Hall–Kier alpha value is -1.30. The number of aliphatic hydroxyl groups excluding tert-OH is 2. The third kappa shape index (κ3) is 2.26. The minimum Gasteiger partial charge on any atom is -0.396 e. The zero-order valence-corrected chi connectivity index (χ0v) is 11.7. The second-order valence-corrected chi connectivity index (χ2v) is 5.83. The highest BCUT2D eigenvalue weighted by molar-refractivity contribution is 6.33. The SMILES string of the molecule is O=C1Nc2cc(N3CCCC(CO)C3)c(Cl)cc2C1O. The molecular formula is C14H17ClN2O3. The maximum absolute atomic E-state index is 11.5. The van der Waals surface area contributed by atoms with Gasteiger partial charge in [0.05, 0.1) is 10.7 Å². The normalized spacial score (nSPS) is 25.6. The molecule has 2 atom stereocenters. The van der Waals surface area contributed by atoms with Gasteiger partial charge >= 0.3 is 0 Å². The van der Waals surface area contributed by atoms with Crippen LogP contribution in [0.1, 0.15) is 24.5 Å². The van der Waals surface area contributed by atoms with Crippen molar-refractivity contribution in [2.75, 3.05) is 29.9 Å². The first kappa shape index (κ1) is 13.7. The smallest absolute Gasteiger partial charge is 0.257 e. The first-order chi connectivity index (χ1) is 9.60. The third-order valence-electron chi connectivity index (χ3n) is 4.04. The van der Waals surface area contributed by atoms with Crippen LogP contribution in [0.15, 0.2) is 12.1 Å². The maximum Gasteiger partial charge on any atom is 0.257 e. The molecule has 0 saturated carbocycles. The molecule has 108 valence electrons. The number of nitrogens with zero attached hydrogens (tertiary/aromatic N) is 1. The molecule has 1 fully saturated rings. The van der Waals surface area contributed by atoms with Gasteiger partial charge in [-0.25, -0.2) is 0 Å². The van der Waals surface area contributed by atoms with Gasteiger partial charge in [-0.2, -0.15) is 0 Å². The fourth-order valence-electron chi connectivity index (χ4n) is 2.93. The number of hydrogen-bond acceptors (Lipinski definition) is 4. The number of nitrogens with one attached hydrogen (secondary N) is 1. The first-order valence-corrected chi connectivity index (χ1v) is 7.16. The molecule has 3 rings (SSSR count). The lowest BCUT2D eigenvalue weighted by molar-refractivity contribution is -0.123. The van der Waals surface area contributed by atoms with Crippen molar-refractivity contribution < 1.29 is 15.0 Å². The predicted octanol–water partition coefficient (Wildman–Crippen LogP) is 1.53. The van der Waals surface area contributed by atoms with Gasteiger partial charge in [0.1, 0.15) is 0 Å². The van der Waals surface area contributed by atoms with Crippen molar-refractivity contribution in [1.29, 1.82) is 0 Å². The van der Waals surface area contributed by atoms with E-state index in [2.05, 4.69) is 10.2 Å². The molecule has 20 heavy (non-hydrogen) atoms. The van der Waals surface area contributed by atoms with Gasteiger partial charge in [-0.05, 0) is 30.9 Å². The molecule has 3 N–H and O–H groups in total. The molecule has 0 aromatic heterocycles. The van der Waals surface area contributed by atoms with Crippen LogP contribution >= 0.6 is 11.6 Å². The summed E-state index contributed by atoms with van der Waals surface area (Å²) < 4.78 is 0. The van der Waals surface area contributed by atoms with E-state index in [-0.39, 0.29) is 12.5 Å². The summed E-state index contributed by atoms with van der Waals surface area (Å²) >= 11 is 6.29. The number of carbonyl (C=O) groups excluding carboxylic acids is 1. The van der Waals surface area contributed by atoms with Crippen molar-refractivity contribution in [2.24, 2.45) is 5.92 Å². The lowest BCUT2D eigenvalue weighted by atomic mass is 9.98. The van der Waals surface area contributed by atoms with Crippen LogP contribution in [0.4, 0.5) is 11.4 Å². The Morgan fingerprint density at radius 1 is 1.45 bits per heavy atom. The van der Waals surface area contributed by atoms with Gasteiger partial charge in [0.2, 0.25) is 0 Å². The molecule has 2 aliphatic heterocycles. The van der Waals surface area contributed by atoms with Crippen molar-refractivity contribution >= 4 is 28.9 Å². The topological polar surface area (TPSA) is 72.8 Å². The van der Waals surface area contributed by atoms with Crippen LogP contribution in [0.3, 0.4) is 0 Å². The molecule has 0 aliphatic carbocycles. The van der Waals surface area contributed by atoms with Crippen LogP contribution in [0.25, 0.3) is 0 Å². The molecule has 2 aliphatic rings. The van der Waals surface area contributed by atoms with E-state index in [1.54, 1.807) is 6.07 Å². The van der Waals surface area contributed by atoms with Crippen molar-refractivity contribution in [3.05, 3.63) is 22.7 Å². The van der Waals surface area contributed by atoms with Gasteiger partial charge in [-0.3, -0.25) is 4.79 Å². The third-order valence-corrected chi connectivity index (χ3v) is 4.34. The zero-order chi connectivity index (χ0) is 14.3. The molecule has 5 nitrogen and oxygen atoms in total. The van der Waals surface area contributed by atoms with Crippen LogP contribution in [-0.4, -0.2) is 35.8 Å². The zero-order valence-electron chi connectivity index (χ0n) is 11.0. The highest BCUT2D eigenvalue weighted by Gasteiger charge is 2.31. The minimum absolute atomic E-state index is 0.175. The van der Waals surface area contributed by atoms with Gasteiger partial charge in [0, 0.05) is 30.9 Å². The molecule has 0 radical (unpaired) electrons. The van der Waals surface area contributed by atoms with Gasteiger partial charge < -0.3 is 20.4 Å². The molecule has 1 amide bonds. The standard InChI is InChI=1S/C14H17ClN2O3/c15-10-4-9-11(16-14(20)13(9)19)5-12(10)17-3-1-2-8(6-17)7-18/h4-5,8,13,18-19H,1-3,6-7H2,(H,16,20). The Balaban J connectivity index is 1.91. The summed E-state index contributed by atoms with van der Waals surface area (Å²) in [7, 11) is 0. The number of amides is 1. The summed E-state index contributed by atoms with van der Waals surface area (Å²) in [5.74, 6) is -0.159. The largest absolute Gasteiger partial charge is 0.396 e. The van der Waals surface area contributed by atoms with Gasteiger partial charge in [0.15, 0.2) is 6.10 Å². The van der Waals surface area contributed by atoms with Crippen molar-refractivity contribution in [2.45, 2.75) is 18.9 Å². The lowest BCUT2D eigenvalue weighted by Crippen LogP contribution is -2.37. The number of carbonyl (C=O) groups is 1. The predicted molar refractivity (Wildman–Crippen MR) is 77.1 cm³/mol. The Morgan fingerprint density at radius 3 is 3.00 bits per heavy atom. The summed E-state index contributed by atoms with van der Waals surface area (Å²) in [4.78, 5) is 13.6. The summed E-state index contributed by atoms with van der Waals surface area (Å²) in [6.45, 7) is 1.81.